The third-order valence-electron chi connectivity index (χ3n) is 3.52. The Bertz CT molecular complexity index is 1010. The van der Waals surface area contributed by atoms with Crippen molar-refractivity contribution in [2.45, 2.75) is 6.61 Å². The number of ether oxygens (including phenoxy) is 2. The van der Waals surface area contributed by atoms with Crippen LogP contribution in [0.4, 0.5) is 11.5 Å². The molecule has 0 aliphatic heterocycles. The molecule has 0 amide bonds. The van der Waals surface area contributed by atoms with E-state index in [0.29, 0.717) is 23.7 Å². The van der Waals surface area contributed by atoms with Crippen LogP contribution in [0.1, 0.15) is 5.01 Å². The highest BCUT2D eigenvalue weighted by molar-refractivity contribution is 7.18. The fourth-order valence-electron chi connectivity index (χ4n) is 2.44. The molecule has 0 atom stereocenters. The van der Waals surface area contributed by atoms with Gasteiger partial charge < -0.3 is 14.8 Å². The Kier molecular flexibility index (Phi) is 3.71. The summed E-state index contributed by atoms with van der Waals surface area (Å²) in [6.45, 7) is 0.449. The number of aromatic nitrogens is 5. The van der Waals surface area contributed by atoms with Crippen molar-refractivity contribution in [2.24, 2.45) is 0 Å². The number of hydrogen-bond donors (Lipinski definition) is 2. The second-order valence-corrected chi connectivity index (χ2v) is 6.11. The van der Waals surface area contributed by atoms with Crippen LogP contribution in [0.2, 0.25) is 0 Å². The van der Waals surface area contributed by atoms with E-state index in [1.54, 1.807) is 20.4 Å². The largest absolute Gasteiger partial charge is 0.494 e. The lowest BCUT2D eigenvalue weighted by Gasteiger charge is -2.10. The molecular formula is C15H14N6O2S. The van der Waals surface area contributed by atoms with Crippen molar-refractivity contribution in [1.29, 1.82) is 0 Å². The maximum absolute atomic E-state index is 5.46. The number of fused-ring (bicyclic) bond motifs is 2. The lowest BCUT2D eigenvalue weighted by molar-refractivity contribution is 0.185. The van der Waals surface area contributed by atoms with Crippen LogP contribution >= 0.6 is 11.3 Å². The molecule has 9 heteroatoms. The quantitative estimate of drug-likeness (QED) is 0.575. The molecule has 0 aliphatic carbocycles. The van der Waals surface area contributed by atoms with E-state index in [2.05, 4.69) is 30.5 Å². The minimum absolute atomic E-state index is 0.449. The number of aromatic amines is 1. The van der Waals surface area contributed by atoms with Gasteiger partial charge in [0.15, 0.2) is 5.82 Å². The van der Waals surface area contributed by atoms with Crippen LogP contribution in [-0.4, -0.2) is 39.4 Å². The number of rotatable bonds is 5. The summed E-state index contributed by atoms with van der Waals surface area (Å²) in [7, 11) is 3.26. The van der Waals surface area contributed by atoms with Gasteiger partial charge in [0.1, 0.15) is 27.4 Å². The Labute approximate surface area is 140 Å². The number of H-pyrrole nitrogens is 1. The predicted molar refractivity (Wildman–Crippen MR) is 91.9 cm³/mol. The molecule has 3 heterocycles. The lowest BCUT2D eigenvalue weighted by atomic mass is 10.2. The third kappa shape index (κ3) is 2.53. The highest BCUT2D eigenvalue weighted by Gasteiger charge is 2.13. The summed E-state index contributed by atoms with van der Waals surface area (Å²) in [5.74, 6) is 1.31. The Morgan fingerprint density at radius 1 is 1.25 bits per heavy atom. The van der Waals surface area contributed by atoms with E-state index in [9.17, 15) is 0 Å². The van der Waals surface area contributed by atoms with Gasteiger partial charge in [-0.1, -0.05) is 11.3 Å². The number of benzene rings is 1. The van der Waals surface area contributed by atoms with Crippen molar-refractivity contribution in [2.75, 3.05) is 19.5 Å². The number of nitrogens with zero attached hydrogens (tertiary/aromatic N) is 4. The maximum atomic E-state index is 5.46. The Hall–Kier alpha value is -2.78. The SMILES string of the molecule is COCc1nc2c(Nc3cc4cn[nH]c4cc3OC)ncnc2s1. The van der Waals surface area contributed by atoms with Gasteiger partial charge >= 0.3 is 0 Å². The second-order valence-electron chi connectivity index (χ2n) is 5.05. The average Bonchev–Trinajstić information content (AvgIpc) is 3.20. The summed E-state index contributed by atoms with van der Waals surface area (Å²) >= 11 is 1.49. The Morgan fingerprint density at radius 2 is 2.17 bits per heavy atom. The van der Waals surface area contributed by atoms with E-state index in [-0.39, 0.29) is 0 Å². The fourth-order valence-corrected chi connectivity index (χ4v) is 3.32. The standard InChI is InChI=1S/C15H14N6O2S/c1-22-6-12-20-13-14(16-7-17-15(13)24-12)19-10-3-8-5-18-21-9(8)4-11(10)23-2/h3-5,7H,6H2,1-2H3,(H,18,21)(H,16,17,19). The molecule has 0 saturated heterocycles. The fraction of sp³-hybridized carbons (Fsp3) is 0.200. The van der Waals surface area contributed by atoms with Gasteiger partial charge in [0.2, 0.25) is 0 Å². The number of thiazole rings is 1. The molecule has 0 spiro atoms. The Balaban J connectivity index is 1.78. The first kappa shape index (κ1) is 14.8. The van der Waals surface area contributed by atoms with E-state index in [1.807, 2.05) is 12.1 Å². The highest BCUT2D eigenvalue weighted by Crippen LogP contribution is 2.33. The molecule has 1 aromatic carbocycles. The minimum atomic E-state index is 0.449. The molecule has 0 radical (unpaired) electrons. The zero-order chi connectivity index (χ0) is 16.5. The third-order valence-corrected chi connectivity index (χ3v) is 4.46. The van der Waals surface area contributed by atoms with Crippen molar-refractivity contribution < 1.29 is 9.47 Å². The van der Waals surface area contributed by atoms with Crippen LogP contribution in [-0.2, 0) is 11.3 Å². The maximum Gasteiger partial charge on any atom is 0.161 e. The van der Waals surface area contributed by atoms with Gasteiger partial charge in [0.05, 0.1) is 31.1 Å². The molecule has 0 bridgehead atoms. The van der Waals surface area contributed by atoms with Crippen LogP contribution in [0.15, 0.2) is 24.7 Å². The average molecular weight is 342 g/mol. The van der Waals surface area contributed by atoms with Crippen LogP contribution in [0.25, 0.3) is 21.3 Å². The molecule has 0 aliphatic rings. The van der Waals surface area contributed by atoms with Crippen LogP contribution in [0, 0.1) is 0 Å². The lowest BCUT2D eigenvalue weighted by Crippen LogP contribution is -1.98. The molecule has 8 nitrogen and oxygen atoms in total. The van der Waals surface area contributed by atoms with E-state index >= 15 is 0 Å². The molecule has 24 heavy (non-hydrogen) atoms. The summed E-state index contributed by atoms with van der Waals surface area (Å²) in [5.41, 5.74) is 2.40. The topological polar surface area (TPSA) is 97.8 Å². The smallest absolute Gasteiger partial charge is 0.161 e. The second kappa shape index (κ2) is 6.02. The number of anilines is 2. The number of methoxy groups -OCH3 is 2. The summed E-state index contributed by atoms with van der Waals surface area (Å²) in [5, 5.41) is 12.1. The zero-order valence-electron chi connectivity index (χ0n) is 13.0. The van der Waals surface area contributed by atoms with Gasteiger partial charge in [0, 0.05) is 18.6 Å². The van der Waals surface area contributed by atoms with E-state index < -0.39 is 0 Å². The molecule has 0 saturated carbocycles. The summed E-state index contributed by atoms with van der Waals surface area (Å²) < 4.78 is 10.6. The van der Waals surface area contributed by atoms with Gasteiger partial charge in [-0.3, -0.25) is 5.10 Å². The first-order chi connectivity index (χ1) is 11.8. The molecule has 2 N–H and O–H groups in total. The number of nitrogens with one attached hydrogen (secondary N) is 2. The summed E-state index contributed by atoms with van der Waals surface area (Å²) in [6, 6.07) is 3.84. The van der Waals surface area contributed by atoms with Crippen molar-refractivity contribution in [3.63, 3.8) is 0 Å². The van der Waals surface area contributed by atoms with E-state index in [0.717, 1.165) is 26.4 Å². The molecule has 122 valence electrons. The molecule has 4 aromatic rings. The first-order valence-corrected chi connectivity index (χ1v) is 7.97. The van der Waals surface area contributed by atoms with Crippen LogP contribution in [0.3, 0.4) is 0 Å². The van der Waals surface area contributed by atoms with Crippen molar-refractivity contribution in [1.82, 2.24) is 25.1 Å². The first-order valence-electron chi connectivity index (χ1n) is 7.16. The Morgan fingerprint density at radius 3 is 3.00 bits per heavy atom. The normalized spacial score (nSPS) is 11.2. The van der Waals surface area contributed by atoms with Gasteiger partial charge in [-0.2, -0.15) is 5.10 Å². The molecule has 4 rings (SSSR count). The van der Waals surface area contributed by atoms with Crippen LogP contribution < -0.4 is 10.1 Å². The molecule has 0 fully saturated rings. The van der Waals surface area contributed by atoms with E-state index in [4.69, 9.17) is 9.47 Å². The monoisotopic (exact) mass is 342 g/mol. The molecule has 0 unspecified atom stereocenters. The predicted octanol–water partition coefficient (Wildman–Crippen LogP) is 2.86. The van der Waals surface area contributed by atoms with Crippen molar-refractivity contribution >= 4 is 44.1 Å². The highest BCUT2D eigenvalue weighted by atomic mass is 32.1. The molecular weight excluding hydrogens is 328 g/mol. The minimum Gasteiger partial charge on any atom is -0.494 e. The number of hydrogen-bond acceptors (Lipinski definition) is 8. The van der Waals surface area contributed by atoms with Gasteiger partial charge in [0.25, 0.3) is 0 Å². The molecule has 3 aromatic heterocycles. The van der Waals surface area contributed by atoms with Gasteiger partial charge in [-0.05, 0) is 6.07 Å². The van der Waals surface area contributed by atoms with E-state index in [1.165, 1.54) is 17.7 Å². The van der Waals surface area contributed by atoms with Crippen LogP contribution in [0.5, 0.6) is 5.75 Å². The van der Waals surface area contributed by atoms with Crippen molar-refractivity contribution in [3.05, 3.63) is 29.7 Å². The summed E-state index contributed by atoms with van der Waals surface area (Å²) in [6.07, 6.45) is 3.28. The zero-order valence-corrected chi connectivity index (χ0v) is 13.8. The van der Waals surface area contributed by atoms with Gasteiger partial charge in [-0.25, -0.2) is 15.0 Å². The van der Waals surface area contributed by atoms with Gasteiger partial charge in [-0.15, -0.1) is 0 Å². The van der Waals surface area contributed by atoms with Crippen molar-refractivity contribution in [3.8, 4) is 5.75 Å². The summed E-state index contributed by atoms with van der Waals surface area (Å²) in [4.78, 5) is 14.0.